The number of carbonyl (C=O) groups excluding carboxylic acids is 1. The Morgan fingerprint density at radius 2 is 1.66 bits per heavy atom. The summed E-state index contributed by atoms with van der Waals surface area (Å²) < 4.78 is 11.4. The van der Waals surface area contributed by atoms with E-state index < -0.39 is 5.91 Å². The first-order valence-electron chi connectivity index (χ1n) is 10.1. The van der Waals surface area contributed by atoms with E-state index in [0.29, 0.717) is 24.7 Å². The summed E-state index contributed by atoms with van der Waals surface area (Å²) in [6, 6.07) is 16.5. The van der Waals surface area contributed by atoms with E-state index in [0.717, 1.165) is 37.0 Å². The van der Waals surface area contributed by atoms with Crippen LogP contribution in [-0.2, 0) is 4.79 Å². The predicted octanol–water partition coefficient (Wildman–Crippen LogP) is 5.59. The van der Waals surface area contributed by atoms with Gasteiger partial charge in [-0.3, -0.25) is 4.79 Å². The van der Waals surface area contributed by atoms with Gasteiger partial charge in [0.25, 0.3) is 5.91 Å². The van der Waals surface area contributed by atoms with Gasteiger partial charge in [-0.05, 0) is 48.7 Å². The highest BCUT2D eigenvalue weighted by Gasteiger charge is 2.12. The molecule has 0 saturated heterocycles. The Kier molecular flexibility index (Phi) is 9.31. The average molecular weight is 392 g/mol. The highest BCUT2D eigenvalue weighted by atomic mass is 16.5. The van der Waals surface area contributed by atoms with Gasteiger partial charge in [0.1, 0.15) is 23.1 Å². The first kappa shape index (κ1) is 22.0. The van der Waals surface area contributed by atoms with E-state index in [-0.39, 0.29) is 5.57 Å². The molecule has 2 rings (SSSR count). The van der Waals surface area contributed by atoms with Crippen LogP contribution in [0.15, 0.2) is 54.1 Å². The molecule has 0 fully saturated rings. The zero-order chi connectivity index (χ0) is 20.9. The number of nitrogens with one attached hydrogen (secondary N) is 1. The van der Waals surface area contributed by atoms with E-state index in [1.54, 1.807) is 18.2 Å². The van der Waals surface area contributed by atoms with Crippen LogP contribution in [-0.4, -0.2) is 19.1 Å². The largest absolute Gasteiger partial charge is 0.494 e. The first-order chi connectivity index (χ1) is 14.2. The van der Waals surface area contributed by atoms with Crippen molar-refractivity contribution in [3.05, 3.63) is 59.7 Å². The molecule has 2 aromatic rings. The number of carbonyl (C=O) groups is 1. The molecule has 0 spiro atoms. The van der Waals surface area contributed by atoms with E-state index in [1.165, 1.54) is 0 Å². The lowest BCUT2D eigenvalue weighted by molar-refractivity contribution is -0.112. The Hall–Kier alpha value is -3.26. The maximum atomic E-state index is 12.6. The van der Waals surface area contributed by atoms with Crippen LogP contribution in [0.1, 0.15) is 45.1 Å². The van der Waals surface area contributed by atoms with Crippen LogP contribution in [0.4, 0.5) is 5.69 Å². The molecular weight excluding hydrogens is 364 g/mol. The molecule has 0 bridgehead atoms. The molecule has 0 aliphatic carbocycles. The molecule has 0 aromatic heterocycles. The van der Waals surface area contributed by atoms with Gasteiger partial charge in [-0.2, -0.15) is 5.26 Å². The number of hydrogen-bond donors (Lipinski definition) is 1. The van der Waals surface area contributed by atoms with Crippen LogP contribution in [0.25, 0.3) is 6.08 Å². The van der Waals surface area contributed by atoms with Gasteiger partial charge in [-0.25, -0.2) is 0 Å². The lowest BCUT2D eigenvalue weighted by atomic mass is 10.1. The summed E-state index contributed by atoms with van der Waals surface area (Å²) in [5.41, 5.74) is 1.33. The van der Waals surface area contributed by atoms with Crippen molar-refractivity contribution in [1.29, 1.82) is 5.26 Å². The van der Waals surface area contributed by atoms with Gasteiger partial charge in [0.2, 0.25) is 0 Å². The highest BCUT2D eigenvalue weighted by Crippen LogP contribution is 2.25. The fourth-order valence-electron chi connectivity index (χ4n) is 2.52. The molecule has 0 radical (unpaired) electrons. The van der Waals surface area contributed by atoms with Gasteiger partial charge in [-0.1, -0.05) is 51.0 Å². The third kappa shape index (κ3) is 7.34. The summed E-state index contributed by atoms with van der Waals surface area (Å²) >= 11 is 0. The Morgan fingerprint density at radius 3 is 2.31 bits per heavy atom. The van der Waals surface area contributed by atoms with E-state index in [1.807, 2.05) is 42.5 Å². The van der Waals surface area contributed by atoms with Gasteiger partial charge in [0, 0.05) is 0 Å². The van der Waals surface area contributed by atoms with Gasteiger partial charge in [0.15, 0.2) is 0 Å². The van der Waals surface area contributed by atoms with Gasteiger partial charge in [-0.15, -0.1) is 0 Å². The molecule has 5 heteroatoms. The molecule has 0 unspecified atom stereocenters. The normalized spacial score (nSPS) is 10.9. The van der Waals surface area contributed by atoms with Crippen molar-refractivity contribution in [2.45, 2.75) is 39.5 Å². The zero-order valence-corrected chi connectivity index (χ0v) is 17.1. The Balaban J connectivity index is 2.06. The molecular formula is C24H28N2O3. The second-order valence-corrected chi connectivity index (χ2v) is 6.59. The zero-order valence-electron chi connectivity index (χ0n) is 17.1. The Bertz CT molecular complexity index is 851. The number of nitrogens with zero attached hydrogens (tertiary/aromatic N) is 1. The minimum Gasteiger partial charge on any atom is -0.494 e. The SMILES string of the molecule is CCCCOc1ccc(/C=C(\C#N)C(=O)Nc2ccccc2OCCCC)cc1. The lowest BCUT2D eigenvalue weighted by Gasteiger charge is -2.12. The average Bonchev–Trinajstić information content (AvgIpc) is 2.74. The van der Waals surface area contributed by atoms with Crippen molar-refractivity contribution < 1.29 is 14.3 Å². The number of unbranched alkanes of at least 4 members (excludes halogenated alkanes) is 2. The minimum absolute atomic E-state index is 0.0213. The molecule has 1 amide bonds. The second-order valence-electron chi connectivity index (χ2n) is 6.59. The standard InChI is InChI=1S/C24H28N2O3/c1-3-5-15-28-21-13-11-19(12-14-21)17-20(18-25)24(27)26-22-9-7-8-10-23(22)29-16-6-4-2/h7-14,17H,3-6,15-16H2,1-2H3,(H,26,27)/b20-17+. The molecule has 2 aromatic carbocycles. The van der Waals surface area contributed by atoms with Gasteiger partial charge < -0.3 is 14.8 Å². The monoisotopic (exact) mass is 392 g/mol. The lowest BCUT2D eigenvalue weighted by Crippen LogP contribution is -2.14. The predicted molar refractivity (Wildman–Crippen MR) is 116 cm³/mol. The summed E-state index contributed by atoms with van der Waals surface area (Å²) in [6.45, 7) is 5.46. The molecule has 0 aliphatic heterocycles. The van der Waals surface area contributed by atoms with E-state index in [9.17, 15) is 10.1 Å². The molecule has 1 N–H and O–H groups in total. The number of ether oxygens (including phenoxy) is 2. The van der Waals surface area contributed by atoms with E-state index in [2.05, 4.69) is 19.2 Å². The first-order valence-corrected chi connectivity index (χ1v) is 10.1. The smallest absolute Gasteiger partial charge is 0.266 e. The van der Waals surface area contributed by atoms with Crippen molar-refractivity contribution in [3.63, 3.8) is 0 Å². The second kappa shape index (κ2) is 12.2. The van der Waals surface area contributed by atoms with E-state index >= 15 is 0 Å². The Morgan fingerprint density at radius 1 is 1.00 bits per heavy atom. The highest BCUT2D eigenvalue weighted by molar-refractivity contribution is 6.10. The van der Waals surface area contributed by atoms with Crippen molar-refractivity contribution in [3.8, 4) is 17.6 Å². The summed E-state index contributed by atoms with van der Waals surface area (Å²) in [7, 11) is 0. The molecule has 29 heavy (non-hydrogen) atoms. The van der Waals surface area contributed by atoms with Crippen LogP contribution in [0, 0.1) is 11.3 Å². The number of para-hydroxylation sites is 2. The van der Waals surface area contributed by atoms with E-state index in [4.69, 9.17) is 9.47 Å². The third-order valence-electron chi connectivity index (χ3n) is 4.21. The molecule has 0 atom stereocenters. The topological polar surface area (TPSA) is 71.3 Å². The summed E-state index contributed by atoms with van der Waals surface area (Å²) in [5, 5.41) is 12.2. The van der Waals surface area contributed by atoms with Crippen LogP contribution in [0.3, 0.4) is 0 Å². The fourth-order valence-corrected chi connectivity index (χ4v) is 2.52. The van der Waals surface area contributed by atoms with Crippen LogP contribution >= 0.6 is 0 Å². The molecule has 5 nitrogen and oxygen atoms in total. The number of anilines is 1. The van der Waals surface area contributed by atoms with Crippen LogP contribution in [0.5, 0.6) is 11.5 Å². The van der Waals surface area contributed by atoms with Crippen molar-refractivity contribution in [2.24, 2.45) is 0 Å². The quantitative estimate of drug-likeness (QED) is 0.307. The summed E-state index contributed by atoms with van der Waals surface area (Å²) in [5.74, 6) is 0.902. The minimum atomic E-state index is -0.470. The maximum absolute atomic E-state index is 12.6. The Labute approximate surface area is 173 Å². The van der Waals surface area contributed by atoms with Gasteiger partial charge >= 0.3 is 0 Å². The number of amides is 1. The van der Waals surface area contributed by atoms with Gasteiger partial charge in [0.05, 0.1) is 18.9 Å². The number of benzene rings is 2. The number of nitriles is 1. The fraction of sp³-hybridized carbons (Fsp3) is 0.333. The van der Waals surface area contributed by atoms with Crippen molar-refractivity contribution in [2.75, 3.05) is 18.5 Å². The molecule has 0 aliphatic rings. The molecule has 152 valence electrons. The number of hydrogen-bond acceptors (Lipinski definition) is 4. The van der Waals surface area contributed by atoms with Crippen LogP contribution in [0.2, 0.25) is 0 Å². The van der Waals surface area contributed by atoms with Crippen molar-refractivity contribution >= 4 is 17.7 Å². The summed E-state index contributed by atoms with van der Waals surface area (Å²) in [6.07, 6.45) is 5.60. The summed E-state index contributed by atoms with van der Waals surface area (Å²) in [4.78, 5) is 12.6. The van der Waals surface area contributed by atoms with Crippen LogP contribution < -0.4 is 14.8 Å². The molecule has 0 saturated carbocycles. The third-order valence-corrected chi connectivity index (χ3v) is 4.21. The number of rotatable bonds is 11. The maximum Gasteiger partial charge on any atom is 0.266 e. The van der Waals surface area contributed by atoms with Crippen molar-refractivity contribution in [1.82, 2.24) is 0 Å². The molecule has 0 heterocycles.